The number of pyridine rings is 1. The van der Waals surface area contributed by atoms with Crippen LogP contribution in [0.4, 0.5) is 11.5 Å². The fraction of sp³-hybridized carbons (Fsp3) is 0.643. The van der Waals surface area contributed by atoms with Crippen molar-refractivity contribution < 1.29 is 4.92 Å². The van der Waals surface area contributed by atoms with Crippen LogP contribution in [0.1, 0.15) is 32.6 Å². The van der Waals surface area contributed by atoms with Gasteiger partial charge in [-0.15, -0.1) is 0 Å². The molecule has 2 saturated carbocycles. The van der Waals surface area contributed by atoms with Crippen LogP contribution in [0.15, 0.2) is 12.1 Å². The van der Waals surface area contributed by atoms with Gasteiger partial charge in [-0.3, -0.25) is 10.1 Å². The molecule has 20 heavy (non-hydrogen) atoms. The minimum Gasteiger partial charge on any atom is -0.367 e. The highest BCUT2D eigenvalue weighted by molar-refractivity contribution is 6.29. The van der Waals surface area contributed by atoms with Crippen LogP contribution in [0.25, 0.3) is 0 Å². The normalized spacial score (nSPS) is 29.4. The maximum absolute atomic E-state index is 10.8. The second-order valence-electron chi connectivity index (χ2n) is 6.06. The summed E-state index contributed by atoms with van der Waals surface area (Å²) in [7, 11) is 0. The molecule has 0 saturated heterocycles. The van der Waals surface area contributed by atoms with Gasteiger partial charge in [-0.1, -0.05) is 18.0 Å². The van der Waals surface area contributed by atoms with E-state index in [0.29, 0.717) is 11.7 Å². The smallest absolute Gasteiger partial charge is 0.276 e. The predicted octanol–water partition coefficient (Wildman–Crippen LogP) is 3.88. The Bertz CT molecular complexity index is 537. The SMILES string of the molecule is CC(Nc1cc([N+](=O)[O-])cc(Cl)n1)C1CC2CCC1C2. The number of fused-ring (bicyclic) bond motifs is 2. The molecule has 2 bridgehead atoms. The molecule has 0 aliphatic heterocycles. The number of nitro groups is 1. The Morgan fingerprint density at radius 1 is 1.45 bits per heavy atom. The minimum atomic E-state index is -0.444. The van der Waals surface area contributed by atoms with Crippen molar-refractivity contribution in [1.82, 2.24) is 4.98 Å². The maximum Gasteiger partial charge on any atom is 0.276 e. The van der Waals surface area contributed by atoms with Crippen molar-refractivity contribution >= 4 is 23.1 Å². The molecule has 0 amide bonds. The number of anilines is 1. The number of halogens is 1. The van der Waals surface area contributed by atoms with Crippen LogP contribution in [-0.4, -0.2) is 15.9 Å². The third-order valence-electron chi connectivity index (χ3n) is 4.80. The zero-order valence-corrected chi connectivity index (χ0v) is 12.1. The molecule has 5 nitrogen and oxygen atoms in total. The summed E-state index contributed by atoms with van der Waals surface area (Å²) < 4.78 is 0. The summed E-state index contributed by atoms with van der Waals surface area (Å²) in [5.41, 5.74) is -0.0207. The number of hydrogen-bond acceptors (Lipinski definition) is 4. The molecular formula is C14H18ClN3O2. The van der Waals surface area contributed by atoms with Crippen LogP contribution in [0.3, 0.4) is 0 Å². The van der Waals surface area contributed by atoms with Crippen molar-refractivity contribution in [2.45, 2.75) is 38.6 Å². The van der Waals surface area contributed by atoms with Gasteiger partial charge >= 0.3 is 0 Å². The number of hydrogen-bond donors (Lipinski definition) is 1. The maximum atomic E-state index is 10.8. The van der Waals surface area contributed by atoms with E-state index in [-0.39, 0.29) is 16.9 Å². The highest BCUT2D eigenvalue weighted by Crippen LogP contribution is 2.49. The Morgan fingerprint density at radius 2 is 2.25 bits per heavy atom. The number of aromatic nitrogens is 1. The molecule has 1 aromatic heterocycles. The van der Waals surface area contributed by atoms with Gasteiger partial charge in [0.25, 0.3) is 5.69 Å². The number of rotatable bonds is 4. The second kappa shape index (κ2) is 5.20. The van der Waals surface area contributed by atoms with Gasteiger partial charge in [0.1, 0.15) is 11.0 Å². The van der Waals surface area contributed by atoms with Crippen LogP contribution in [0.2, 0.25) is 5.15 Å². The van der Waals surface area contributed by atoms with Crippen molar-refractivity contribution in [3.05, 3.63) is 27.4 Å². The molecule has 1 N–H and O–H groups in total. The van der Waals surface area contributed by atoms with E-state index in [1.165, 1.54) is 37.8 Å². The average Bonchev–Trinajstić information content (AvgIpc) is 3.00. The Balaban J connectivity index is 1.72. The van der Waals surface area contributed by atoms with E-state index >= 15 is 0 Å². The van der Waals surface area contributed by atoms with Gasteiger partial charge in [-0.2, -0.15) is 0 Å². The van der Waals surface area contributed by atoms with E-state index in [4.69, 9.17) is 11.6 Å². The van der Waals surface area contributed by atoms with Crippen molar-refractivity contribution in [1.29, 1.82) is 0 Å². The van der Waals surface area contributed by atoms with E-state index in [0.717, 1.165) is 11.8 Å². The summed E-state index contributed by atoms with van der Waals surface area (Å²) in [5, 5.41) is 14.3. The quantitative estimate of drug-likeness (QED) is 0.520. The molecule has 6 heteroatoms. The Labute approximate surface area is 122 Å². The fourth-order valence-corrected chi connectivity index (χ4v) is 4.11. The van der Waals surface area contributed by atoms with Crippen molar-refractivity contribution in [3.8, 4) is 0 Å². The summed E-state index contributed by atoms with van der Waals surface area (Å²) in [6.07, 6.45) is 5.31. The summed E-state index contributed by atoms with van der Waals surface area (Å²) in [6, 6.07) is 3.00. The van der Waals surface area contributed by atoms with Crippen LogP contribution in [-0.2, 0) is 0 Å². The second-order valence-corrected chi connectivity index (χ2v) is 6.45. The van der Waals surface area contributed by atoms with Gasteiger partial charge in [0, 0.05) is 6.04 Å². The van der Waals surface area contributed by atoms with E-state index in [9.17, 15) is 10.1 Å². The molecule has 1 aromatic rings. The Morgan fingerprint density at radius 3 is 2.85 bits per heavy atom. The summed E-state index contributed by atoms with van der Waals surface area (Å²) in [4.78, 5) is 14.5. The zero-order valence-electron chi connectivity index (χ0n) is 11.4. The van der Waals surface area contributed by atoms with E-state index < -0.39 is 4.92 Å². The van der Waals surface area contributed by atoms with Crippen molar-refractivity contribution in [3.63, 3.8) is 0 Å². The van der Waals surface area contributed by atoms with Crippen molar-refractivity contribution in [2.24, 2.45) is 17.8 Å². The lowest BCUT2D eigenvalue weighted by molar-refractivity contribution is -0.384. The number of nitrogens with one attached hydrogen (secondary N) is 1. The molecule has 2 aliphatic rings. The largest absolute Gasteiger partial charge is 0.367 e. The highest BCUT2D eigenvalue weighted by Gasteiger charge is 2.41. The predicted molar refractivity (Wildman–Crippen MR) is 77.9 cm³/mol. The zero-order chi connectivity index (χ0) is 14.3. The van der Waals surface area contributed by atoms with Gasteiger partial charge in [0.15, 0.2) is 0 Å². The highest BCUT2D eigenvalue weighted by atomic mass is 35.5. The lowest BCUT2D eigenvalue weighted by atomic mass is 9.84. The molecule has 0 spiro atoms. The molecule has 4 atom stereocenters. The Kier molecular flexibility index (Phi) is 3.54. The average molecular weight is 296 g/mol. The van der Waals surface area contributed by atoms with Gasteiger partial charge in [0.2, 0.25) is 0 Å². The fourth-order valence-electron chi connectivity index (χ4n) is 3.91. The lowest BCUT2D eigenvalue weighted by Gasteiger charge is -2.28. The van der Waals surface area contributed by atoms with Gasteiger partial charge in [-0.25, -0.2) is 4.98 Å². The molecular weight excluding hydrogens is 278 g/mol. The molecule has 0 aromatic carbocycles. The van der Waals surface area contributed by atoms with Gasteiger partial charge < -0.3 is 5.32 Å². The monoisotopic (exact) mass is 295 g/mol. The molecule has 1 heterocycles. The van der Waals surface area contributed by atoms with Crippen LogP contribution >= 0.6 is 11.6 Å². The molecule has 2 fully saturated rings. The molecule has 0 radical (unpaired) electrons. The first-order chi connectivity index (χ1) is 9.52. The van der Waals surface area contributed by atoms with E-state index in [2.05, 4.69) is 17.2 Å². The first-order valence-electron chi connectivity index (χ1n) is 7.11. The lowest BCUT2D eigenvalue weighted by Crippen LogP contribution is -2.30. The third kappa shape index (κ3) is 2.59. The first kappa shape index (κ1) is 13.6. The van der Waals surface area contributed by atoms with Crippen molar-refractivity contribution in [2.75, 3.05) is 5.32 Å². The summed E-state index contributed by atoms with van der Waals surface area (Å²) >= 11 is 5.84. The van der Waals surface area contributed by atoms with Crippen LogP contribution in [0, 0.1) is 27.9 Å². The van der Waals surface area contributed by atoms with Gasteiger partial charge in [-0.05, 0) is 43.9 Å². The van der Waals surface area contributed by atoms with Crippen LogP contribution < -0.4 is 5.32 Å². The minimum absolute atomic E-state index is 0.0207. The molecule has 108 valence electrons. The first-order valence-corrected chi connectivity index (χ1v) is 7.49. The third-order valence-corrected chi connectivity index (χ3v) is 4.99. The molecule has 4 unspecified atom stereocenters. The number of nitrogens with zero attached hydrogens (tertiary/aromatic N) is 2. The molecule has 2 aliphatic carbocycles. The molecule has 3 rings (SSSR count). The topological polar surface area (TPSA) is 68.1 Å². The van der Waals surface area contributed by atoms with Gasteiger partial charge in [0.05, 0.1) is 17.1 Å². The Hall–Kier alpha value is -1.36. The summed E-state index contributed by atoms with van der Waals surface area (Å²) in [5.74, 6) is 2.83. The van der Waals surface area contributed by atoms with E-state index in [1.807, 2.05) is 0 Å². The summed E-state index contributed by atoms with van der Waals surface area (Å²) in [6.45, 7) is 2.14. The van der Waals surface area contributed by atoms with Crippen LogP contribution in [0.5, 0.6) is 0 Å². The standard InChI is InChI=1S/C14H18ClN3O2/c1-8(12-5-9-2-3-10(12)4-9)16-14-7-11(18(19)20)6-13(15)17-14/h6-10,12H,2-5H2,1H3,(H,16,17). The van der Waals surface area contributed by atoms with E-state index in [1.54, 1.807) is 0 Å².